The van der Waals surface area contributed by atoms with E-state index in [0.717, 1.165) is 11.1 Å². The predicted molar refractivity (Wildman–Crippen MR) is 129 cm³/mol. The predicted octanol–water partition coefficient (Wildman–Crippen LogP) is 1.88. The van der Waals surface area contributed by atoms with E-state index in [-0.39, 0.29) is 11.6 Å². The van der Waals surface area contributed by atoms with Gasteiger partial charge in [0.05, 0.1) is 13.2 Å². The second-order valence-corrected chi connectivity index (χ2v) is 7.89. The zero-order chi connectivity index (χ0) is 23.2. The molecule has 0 saturated carbocycles. The van der Waals surface area contributed by atoms with Crippen LogP contribution in [0, 0.1) is 11.6 Å². The normalized spacial score (nSPS) is 10.8. The minimum absolute atomic E-state index is 0.342. The summed E-state index contributed by atoms with van der Waals surface area (Å²) < 4.78 is 32.1. The lowest BCUT2D eigenvalue weighted by Crippen LogP contribution is -2.42. The summed E-state index contributed by atoms with van der Waals surface area (Å²) in [5.74, 6) is -0.690. The fourth-order valence-corrected chi connectivity index (χ4v) is 3.67. The molecule has 33 heavy (non-hydrogen) atoms. The minimum Gasteiger partial charge on any atom is -0.443 e. The average Bonchev–Trinajstić information content (AvgIpc) is 2.84. The Morgan fingerprint density at radius 1 is 0.545 bits per heavy atom. The van der Waals surface area contributed by atoms with Crippen LogP contribution in [0.4, 0.5) is 8.78 Å². The summed E-state index contributed by atoms with van der Waals surface area (Å²) in [4.78, 5) is 0. The molecular weight excluding hydrogens is 420 g/mol. The van der Waals surface area contributed by atoms with Gasteiger partial charge in [-0.1, -0.05) is 72.8 Å². The zero-order valence-electron chi connectivity index (χ0n) is 17.9. The van der Waals surface area contributed by atoms with Gasteiger partial charge < -0.3 is 14.8 Å². The molecule has 0 aliphatic heterocycles. The lowest BCUT2D eigenvalue weighted by molar-refractivity contribution is 0.107. The standard InChI is InChI=1S/C26H22B2F2O3/c29-25-11-7-21(8-12-25)27(31)23-5-1-3-19(15-23)17-33-18-20-4-2-6-24(16-20)28(32)22-9-13-26(30)14-10-22/h1-16,31-32H,17-18H2. The van der Waals surface area contributed by atoms with Crippen molar-refractivity contribution < 1.29 is 23.6 Å². The van der Waals surface area contributed by atoms with Gasteiger partial charge in [-0.25, -0.2) is 8.78 Å². The molecule has 0 unspecified atom stereocenters. The van der Waals surface area contributed by atoms with Crippen LogP contribution < -0.4 is 21.9 Å². The first-order chi connectivity index (χ1) is 16.0. The van der Waals surface area contributed by atoms with Gasteiger partial charge in [-0.05, 0) is 57.2 Å². The van der Waals surface area contributed by atoms with E-state index in [1.54, 1.807) is 24.3 Å². The second-order valence-electron chi connectivity index (χ2n) is 7.89. The van der Waals surface area contributed by atoms with Gasteiger partial charge in [-0.2, -0.15) is 0 Å². The zero-order valence-corrected chi connectivity index (χ0v) is 17.9. The number of benzene rings is 4. The van der Waals surface area contributed by atoms with Crippen LogP contribution in [0.3, 0.4) is 0 Å². The van der Waals surface area contributed by atoms with Crippen LogP contribution in [0.25, 0.3) is 0 Å². The van der Waals surface area contributed by atoms with Crippen LogP contribution >= 0.6 is 0 Å². The Hall–Kier alpha value is -3.25. The first-order valence-electron chi connectivity index (χ1n) is 10.6. The third-order valence-electron chi connectivity index (χ3n) is 5.44. The molecular formula is C26H22B2F2O3. The minimum atomic E-state index is -0.852. The maximum Gasteiger partial charge on any atom is 0.358 e. The van der Waals surface area contributed by atoms with Crippen LogP contribution in [0.2, 0.25) is 0 Å². The monoisotopic (exact) mass is 442 g/mol. The molecule has 0 amide bonds. The van der Waals surface area contributed by atoms with Crippen molar-refractivity contribution in [2.45, 2.75) is 13.2 Å². The van der Waals surface area contributed by atoms with E-state index in [9.17, 15) is 18.8 Å². The quantitative estimate of drug-likeness (QED) is 0.410. The molecule has 0 aliphatic carbocycles. The highest BCUT2D eigenvalue weighted by Gasteiger charge is 2.18. The Balaban J connectivity index is 1.38. The van der Waals surface area contributed by atoms with Gasteiger partial charge in [-0.3, -0.25) is 0 Å². The molecule has 0 radical (unpaired) electrons. The van der Waals surface area contributed by atoms with Gasteiger partial charge in [0.15, 0.2) is 0 Å². The van der Waals surface area contributed by atoms with Crippen molar-refractivity contribution in [3.8, 4) is 0 Å². The molecule has 7 heteroatoms. The SMILES string of the molecule is OB(c1ccc(F)cc1)c1cccc(COCc2cccc(B(O)c3ccc(F)cc3)c2)c1. The van der Waals surface area contributed by atoms with Crippen molar-refractivity contribution in [3.05, 3.63) is 120 Å². The smallest absolute Gasteiger partial charge is 0.358 e. The molecule has 4 rings (SSSR count). The van der Waals surface area contributed by atoms with Crippen molar-refractivity contribution in [3.63, 3.8) is 0 Å². The lowest BCUT2D eigenvalue weighted by atomic mass is 9.56. The van der Waals surface area contributed by atoms with Gasteiger partial charge in [-0.15, -0.1) is 0 Å². The summed E-state index contributed by atoms with van der Waals surface area (Å²) in [6.07, 6.45) is 0. The molecule has 164 valence electrons. The lowest BCUT2D eigenvalue weighted by Gasteiger charge is -2.11. The summed E-state index contributed by atoms with van der Waals surface area (Å²) in [6.45, 7) is -1.02. The number of ether oxygens (including phenoxy) is 1. The van der Waals surface area contributed by atoms with Crippen molar-refractivity contribution in [2.75, 3.05) is 0 Å². The molecule has 0 saturated heterocycles. The Bertz CT molecular complexity index is 1110. The van der Waals surface area contributed by atoms with Crippen molar-refractivity contribution in [1.82, 2.24) is 0 Å². The Morgan fingerprint density at radius 2 is 0.939 bits per heavy atom. The topological polar surface area (TPSA) is 49.7 Å². The second kappa shape index (κ2) is 10.6. The van der Waals surface area contributed by atoms with Crippen LogP contribution in [0.5, 0.6) is 0 Å². The van der Waals surface area contributed by atoms with Crippen LogP contribution in [0.1, 0.15) is 11.1 Å². The van der Waals surface area contributed by atoms with E-state index in [0.29, 0.717) is 35.1 Å². The van der Waals surface area contributed by atoms with Crippen molar-refractivity contribution in [2.24, 2.45) is 0 Å². The highest BCUT2D eigenvalue weighted by atomic mass is 19.1. The van der Waals surface area contributed by atoms with E-state index in [1.165, 1.54) is 24.3 Å². The molecule has 0 atom stereocenters. The summed E-state index contributed by atoms with van der Waals surface area (Å²) in [6, 6.07) is 26.5. The van der Waals surface area contributed by atoms with E-state index >= 15 is 0 Å². The molecule has 4 aromatic carbocycles. The molecule has 2 N–H and O–H groups in total. The highest BCUT2D eigenvalue weighted by Crippen LogP contribution is 2.06. The molecule has 0 aliphatic rings. The fourth-order valence-electron chi connectivity index (χ4n) is 3.67. The van der Waals surface area contributed by atoms with Gasteiger partial charge in [0.1, 0.15) is 11.6 Å². The summed E-state index contributed by atoms with van der Waals surface area (Å²) in [5, 5.41) is 21.2. The number of rotatable bonds is 8. The molecule has 0 bridgehead atoms. The Labute approximate surface area is 192 Å². The summed E-state index contributed by atoms with van der Waals surface area (Å²) in [5.41, 5.74) is 4.43. The van der Waals surface area contributed by atoms with Crippen LogP contribution in [-0.4, -0.2) is 23.9 Å². The third-order valence-corrected chi connectivity index (χ3v) is 5.44. The number of hydrogen-bond acceptors (Lipinski definition) is 3. The molecule has 3 nitrogen and oxygen atoms in total. The molecule has 0 aromatic heterocycles. The Morgan fingerprint density at radius 3 is 1.33 bits per heavy atom. The number of hydrogen-bond donors (Lipinski definition) is 2. The van der Waals surface area contributed by atoms with Gasteiger partial charge in [0.25, 0.3) is 0 Å². The number of halogens is 2. The van der Waals surface area contributed by atoms with Crippen molar-refractivity contribution in [1.29, 1.82) is 0 Å². The van der Waals surface area contributed by atoms with Gasteiger partial charge in [0.2, 0.25) is 0 Å². The first kappa shape index (κ1) is 22.9. The fraction of sp³-hybridized carbons (Fsp3) is 0.0769. The maximum atomic E-state index is 13.1. The molecule has 4 aromatic rings. The van der Waals surface area contributed by atoms with Crippen LogP contribution in [0.15, 0.2) is 97.1 Å². The Kier molecular flexibility index (Phi) is 7.35. The third kappa shape index (κ3) is 5.96. The van der Waals surface area contributed by atoms with Crippen LogP contribution in [-0.2, 0) is 18.0 Å². The molecule has 0 spiro atoms. The molecule has 0 fully saturated rings. The maximum absolute atomic E-state index is 13.1. The van der Waals surface area contributed by atoms with E-state index < -0.39 is 13.8 Å². The van der Waals surface area contributed by atoms with Crippen molar-refractivity contribution >= 4 is 35.7 Å². The van der Waals surface area contributed by atoms with Gasteiger partial charge in [0, 0.05) is 0 Å². The first-order valence-corrected chi connectivity index (χ1v) is 10.6. The summed E-state index contributed by atoms with van der Waals surface area (Å²) >= 11 is 0. The largest absolute Gasteiger partial charge is 0.443 e. The summed E-state index contributed by atoms with van der Waals surface area (Å²) in [7, 11) is 0. The highest BCUT2D eigenvalue weighted by molar-refractivity contribution is 6.79. The van der Waals surface area contributed by atoms with E-state index in [1.807, 2.05) is 48.5 Å². The van der Waals surface area contributed by atoms with Gasteiger partial charge >= 0.3 is 13.8 Å². The van der Waals surface area contributed by atoms with E-state index in [2.05, 4.69) is 0 Å². The average molecular weight is 442 g/mol. The van der Waals surface area contributed by atoms with E-state index in [4.69, 9.17) is 4.74 Å². The molecule has 0 heterocycles.